The third-order valence-electron chi connectivity index (χ3n) is 7.39. The van der Waals surface area contributed by atoms with Gasteiger partial charge in [0.25, 0.3) is 0 Å². The first-order valence-electron chi connectivity index (χ1n) is 10.5. The summed E-state index contributed by atoms with van der Waals surface area (Å²) < 4.78 is 6.09. The smallest absolute Gasteiger partial charge is 0.194 e. The Balaban J connectivity index is 0.00000180. The zero-order valence-electron chi connectivity index (χ0n) is 16.3. The Labute approximate surface area is 180 Å². The lowest BCUT2D eigenvalue weighted by molar-refractivity contribution is -0.171. The SMILES string of the molecule is CCN=C(NC1C2CCOC2C12CCC2)N1CCC(c2ccccc2)C1.I. The highest BCUT2D eigenvalue weighted by Gasteiger charge is 2.66. The molecule has 1 aromatic carbocycles. The molecule has 148 valence electrons. The fraction of sp³-hybridized carbons (Fsp3) is 0.682. The molecule has 4 aliphatic rings. The number of guanidine groups is 1. The van der Waals surface area contributed by atoms with Crippen LogP contribution in [-0.2, 0) is 4.74 Å². The Hall–Kier alpha value is -0.820. The van der Waals surface area contributed by atoms with Crippen LogP contribution in [0.2, 0.25) is 0 Å². The monoisotopic (exact) mass is 481 g/mol. The molecular formula is C22H32IN3O. The van der Waals surface area contributed by atoms with E-state index in [0.29, 0.717) is 29.4 Å². The maximum atomic E-state index is 6.09. The van der Waals surface area contributed by atoms with Gasteiger partial charge in [-0.05, 0) is 38.2 Å². The minimum absolute atomic E-state index is 0. The van der Waals surface area contributed by atoms with E-state index in [2.05, 4.69) is 47.5 Å². The predicted octanol–water partition coefficient (Wildman–Crippen LogP) is 4.02. The molecule has 2 heterocycles. The van der Waals surface area contributed by atoms with Crippen LogP contribution >= 0.6 is 24.0 Å². The molecule has 4 fully saturated rings. The molecule has 2 saturated carbocycles. The van der Waals surface area contributed by atoms with Crippen LogP contribution in [0, 0.1) is 11.3 Å². The lowest BCUT2D eigenvalue weighted by Crippen LogP contribution is -2.72. The lowest BCUT2D eigenvalue weighted by atomic mass is 9.46. The molecular weight excluding hydrogens is 449 g/mol. The molecule has 2 aliphatic carbocycles. The van der Waals surface area contributed by atoms with Crippen molar-refractivity contribution >= 4 is 29.9 Å². The van der Waals surface area contributed by atoms with Gasteiger partial charge in [0.1, 0.15) is 0 Å². The Bertz CT molecular complexity index is 675. The summed E-state index contributed by atoms with van der Waals surface area (Å²) in [7, 11) is 0. The number of halogens is 1. The molecule has 0 bridgehead atoms. The van der Waals surface area contributed by atoms with Crippen LogP contribution in [0.3, 0.4) is 0 Å². The number of rotatable bonds is 3. The number of nitrogens with zero attached hydrogens (tertiary/aromatic N) is 2. The van der Waals surface area contributed by atoms with Crippen LogP contribution in [0.25, 0.3) is 0 Å². The summed E-state index contributed by atoms with van der Waals surface area (Å²) >= 11 is 0. The minimum atomic E-state index is 0. The highest BCUT2D eigenvalue weighted by Crippen LogP contribution is 2.62. The first-order valence-corrected chi connectivity index (χ1v) is 10.5. The maximum Gasteiger partial charge on any atom is 0.194 e. The van der Waals surface area contributed by atoms with Gasteiger partial charge in [0, 0.05) is 49.5 Å². The first kappa shape index (κ1) is 19.5. The predicted molar refractivity (Wildman–Crippen MR) is 120 cm³/mol. The fourth-order valence-electron chi connectivity index (χ4n) is 5.93. The molecule has 5 heteroatoms. The molecule has 5 rings (SSSR count). The Morgan fingerprint density at radius 2 is 2.07 bits per heavy atom. The van der Waals surface area contributed by atoms with Gasteiger partial charge < -0.3 is 15.0 Å². The number of nitrogens with one attached hydrogen (secondary N) is 1. The van der Waals surface area contributed by atoms with Crippen molar-refractivity contribution in [3.05, 3.63) is 35.9 Å². The molecule has 0 aromatic heterocycles. The molecule has 1 aromatic rings. The van der Waals surface area contributed by atoms with Crippen molar-refractivity contribution in [2.24, 2.45) is 16.3 Å². The van der Waals surface area contributed by atoms with Gasteiger partial charge in [-0.2, -0.15) is 0 Å². The van der Waals surface area contributed by atoms with Gasteiger partial charge in [0.15, 0.2) is 5.96 Å². The minimum Gasteiger partial charge on any atom is -0.377 e. The van der Waals surface area contributed by atoms with Gasteiger partial charge >= 0.3 is 0 Å². The molecule has 1 N–H and O–H groups in total. The van der Waals surface area contributed by atoms with Crippen molar-refractivity contribution in [3.8, 4) is 0 Å². The quantitative estimate of drug-likeness (QED) is 0.403. The highest BCUT2D eigenvalue weighted by atomic mass is 127. The highest BCUT2D eigenvalue weighted by molar-refractivity contribution is 14.0. The maximum absolute atomic E-state index is 6.09. The molecule has 27 heavy (non-hydrogen) atoms. The molecule has 2 aliphatic heterocycles. The molecule has 2 saturated heterocycles. The molecule has 4 nitrogen and oxygen atoms in total. The largest absolute Gasteiger partial charge is 0.377 e. The van der Waals surface area contributed by atoms with Gasteiger partial charge in [0.2, 0.25) is 0 Å². The second-order valence-corrected chi connectivity index (χ2v) is 8.59. The van der Waals surface area contributed by atoms with E-state index in [0.717, 1.165) is 32.2 Å². The lowest BCUT2D eigenvalue weighted by Gasteiger charge is -2.63. The average Bonchev–Trinajstić information content (AvgIpc) is 3.26. The number of benzene rings is 1. The van der Waals surface area contributed by atoms with Crippen LogP contribution in [0.15, 0.2) is 35.3 Å². The van der Waals surface area contributed by atoms with E-state index in [4.69, 9.17) is 9.73 Å². The van der Waals surface area contributed by atoms with Crippen molar-refractivity contribution in [2.75, 3.05) is 26.2 Å². The van der Waals surface area contributed by atoms with Crippen LogP contribution < -0.4 is 5.32 Å². The summed E-state index contributed by atoms with van der Waals surface area (Å²) in [6, 6.07) is 11.5. The van der Waals surface area contributed by atoms with Crippen molar-refractivity contribution in [1.29, 1.82) is 0 Å². The summed E-state index contributed by atoms with van der Waals surface area (Å²) in [4.78, 5) is 7.38. The normalized spacial score (nSPS) is 33.8. The van der Waals surface area contributed by atoms with Crippen LogP contribution in [0.4, 0.5) is 0 Å². The summed E-state index contributed by atoms with van der Waals surface area (Å²) in [6.45, 7) is 6.14. The Kier molecular flexibility index (Phi) is 5.70. The number of fused-ring (bicyclic) bond motifs is 2. The van der Waals surface area contributed by atoms with E-state index in [9.17, 15) is 0 Å². The zero-order chi connectivity index (χ0) is 17.6. The van der Waals surface area contributed by atoms with E-state index in [-0.39, 0.29) is 24.0 Å². The number of likely N-dealkylation sites (tertiary alicyclic amines) is 1. The van der Waals surface area contributed by atoms with Gasteiger partial charge in [-0.3, -0.25) is 4.99 Å². The first-order chi connectivity index (χ1) is 12.8. The van der Waals surface area contributed by atoms with E-state index >= 15 is 0 Å². The second-order valence-electron chi connectivity index (χ2n) is 8.59. The number of aliphatic imine (C=N–C) groups is 1. The summed E-state index contributed by atoms with van der Waals surface area (Å²) in [5.74, 6) is 2.47. The molecule has 4 unspecified atom stereocenters. The van der Waals surface area contributed by atoms with Crippen LogP contribution in [0.1, 0.15) is 50.5 Å². The van der Waals surface area contributed by atoms with E-state index in [1.54, 1.807) is 0 Å². The van der Waals surface area contributed by atoms with Gasteiger partial charge in [-0.15, -0.1) is 24.0 Å². The van der Waals surface area contributed by atoms with Crippen molar-refractivity contribution in [3.63, 3.8) is 0 Å². The summed E-state index contributed by atoms with van der Waals surface area (Å²) in [5.41, 5.74) is 1.88. The third kappa shape index (κ3) is 3.18. The number of hydrogen-bond donors (Lipinski definition) is 1. The van der Waals surface area contributed by atoms with E-state index in [1.807, 2.05) is 0 Å². The third-order valence-corrected chi connectivity index (χ3v) is 7.39. The van der Waals surface area contributed by atoms with Gasteiger partial charge in [0.05, 0.1) is 6.10 Å². The Morgan fingerprint density at radius 3 is 2.78 bits per heavy atom. The zero-order valence-corrected chi connectivity index (χ0v) is 18.6. The molecule has 0 radical (unpaired) electrons. The molecule has 4 atom stereocenters. The van der Waals surface area contributed by atoms with E-state index in [1.165, 1.54) is 37.7 Å². The van der Waals surface area contributed by atoms with Crippen LogP contribution in [-0.4, -0.2) is 49.2 Å². The number of hydrogen-bond acceptors (Lipinski definition) is 2. The van der Waals surface area contributed by atoms with E-state index < -0.39 is 0 Å². The number of ether oxygens (including phenoxy) is 1. The summed E-state index contributed by atoms with van der Waals surface area (Å²) in [6.07, 6.45) is 6.99. The molecule has 0 amide bonds. The van der Waals surface area contributed by atoms with Crippen molar-refractivity contribution in [2.45, 2.75) is 57.1 Å². The summed E-state index contributed by atoms with van der Waals surface area (Å²) in [5, 5.41) is 3.93. The van der Waals surface area contributed by atoms with Crippen molar-refractivity contribution in [1.82, 2.24) is 10.2 Å². The van der Waals surface area contributed by atoms with Crippen LogP contribution in [0.5, 0.6) is 0 Å². The average molecular weight is 481 g/mol. The van der Waals surface area contributed by atoms with Gasteiger partial charge in [-0.1, -0.05) is 36.8 Å². The van der Waals surface area contributed by atoms with Gasteiger partial charge in [-0.25, -0.2) is 0 Å². The van der Waals surface area contributed by atoms with Crippen molar-refractivity contribution < 1.29 is 4.74 Å². The Morgan fingerprint density at radius 1 is 1.26 bits per heavy atom. The fourth-order valence-corrected chi connectivity index (χ4v) is 5.93. The molecule has 1 spiro atoms. The standard InChI is InChI=1S/C22H31N3O.HI/c1-2-23-21(25-13-9-17(15-25)16-7-4-3-5-8-16)24-19-18-10-14-26-20(18)22(19)11-6-12-22;/h3-5,7-8,17-20H,2,6,9-15H2,1H3,(H,23,24);1H. The second kappa shape index (κ2) is 7.90. The topological polar surface area (TPSA) is 36.9 Å².